The molecule has 3 aromatic rings. The van der Waals surface area contributed by atoms with Crippen molar-refractivity contribution < 1.29 is 9.90 Å². The number of hydrogen-bond acceptors (Lipinski definition) is 5. The van der Waals surface area contributed by atoms with Crippen LogP contribution in [-0.2, 0) is 0 Å². The van der Waals surface area contributed by atoms with Gasteiger partial charge in [0.1, 0.15) is 5.75 Å². The number of carbonyl (C=O) groups is 1. The van der Waals surface area contributed by atoms with Crippen LogP contribution in [0.15, 0.2) is 47.6 Å². The Kier molecular flexibility index (Phi) is 4.20. The molecule has 0 aliphatic heterocycles. The van der Waals surface area contributed by atoms with Gasteiger partial charge >= 0.3 is 0 Å². The highest BCUT2D eigenvalue weighted by atomic mass is 32.1. The maximum atomic E-state index is 12.0. The molecule has 23 heavy (non-hydrogen) atoms. The van der Waals surface area contributed by atoms with E-state index in [-0.39, 0.29) is 11.4 Å². The summed E-state index contributed by atoms with van der Waals surface area (Å²) in [6.45, 7) is 2.02. The molecule has 0 bridgehead atoms. The smallest absolute Gasteiger partial charge is 0.291 e. The highest BCUT2D eigenvalue weighted by molar-refractivity contribution is 7.15. The van der Waals surface area contributed by atoms with E-state index in [1.807, 2.05) is 19.1 Å². The predicted molar refractivity (Wildman–Crippen MR) is 89.8 cm³/mol. The molecule has 3 rings (SSSR count). The van der Waals surface area contributed by atoms with Crippen LogP contribution >= 0.6 is 11.3 Å². The van der Waals surface area contributed by atoms with Crippen molar-refractivity contribution >= 4 is 23.5 Å². The summed E-state index contributed by atoms with van der Waals surface area (Å²) < 4.78 is 0. The summed E-state index contributed by atoms with van der Waals surface area (Å²) in [5.74, 6) is -0.263. The van der Waals surface area contributed by atoms with Gasteiger partial charge in [-0.2, -0.15) is 10.2 Å². The molecule has 0 radical (unpaired) electrons. The second-order valence-electron chi connectivity index (χ2n) is 4.87. The average molecular weight is 326 g/mol. The van der Waals surface area contributed by atoms with Gasteiger partial charge in [-0.05, 0) is 42.8 Å². The van der Waals surface area contributed by atoms with E-state index in [1.165, 1.54) is 11.1 Å². The summed E-state index contributed by atoms with van der Waals surface area (Å²) in [7, 11) is 0. The molecule has 0 saturated carbocycles. The fraction of sp³-hybridized carbons (Fsp3) is 0.0625. The van der Waals surface area contributed by atoms with Crippen LogP contribution < -0.4 is 5.43 Å². The number of rotatable bonds is 4. The zero-order chi connectivity index (χ0) is 16.2. The van der Waals surface area contributed by atoms with Crippen LogP contribution in [0.5, 0.6) is 5.75 Å². The normalized spacial score (nSPS) is 11.0. The van der Waals surface area contributed by atoms with E-state index < -0.39 is 5.91 Å². The number of amides is 1. The lowest BCUT2D eigenvalue weighted by atomic mass is 10.2. The van der Waals surface area contributed by atoms with Gasteiger partial charge in [-0.25, -0.2) is 5.43 Å². The van der Waals surface area contributed by atoms with Gasteiger partial charge < -0.3 is 5.11 Å². The number of H-pyrrole nitrogens is 1. The lowest BCUT2D eigenvalue weighted by Crippen LogP contribution is -2.17. The summed E-state index contributed by atoms with van der Waals surface area (Å²) in [6.07, 6.45) is 1.45. The number of hydrazone groups is 1. The first-order chi connectivity index (χ1) is 11.1. The van der Waals surface area contributed by atoms with Gasteiger partial charge in [0, 0.05) is 4.88 Å². The Hall–Kier alpha value is -2.93. The quantitative estimate of drug-likeness (QED) is 0.508. The van der Waals surface area contributed by atoms with Crippen molar-refractivity contribution in [1.29, 1.82) is 0 Å². The number of aromatic hydroxyl groups is 1. The number of phenols is 1. The van der Waals surface area contributed by atoms with E-state index in [2.05, 4.69) is 20.7 Å². The van der Waals surface area contributed by atoms with E-state index in [4.69, 9.17) is 0 Å². The molecule has 7 heteroatoms. The maximum Gasteiger partial charge on any atom is 0.291 e. The Morgan fingerprint density at radius 2 is 2.22 bits per heavy atom. The molecule has 0 saturated heterocycles. The molecule has 2 heterocycles. The minimum atomic E-state index is -0.405. The van der Waals surface area contributed by atoms with Gasteiger partial charge in [-0.1, -0.05) is 12.1 Å². The van der Waals surface area contributed by atoms with Crippen molar-refractivity contribution in [1.82, 2.24) is 15.6 Å². The summed E-state index contributed by atoms with van der Waals surface area (Å²) in [6, 6.07) is 12.2. The fourth-order valence-corrected chi connectivity index (χ4v) is 2.80. The third-order valence-corrected chi connectivity index (χ3v) is 4.10. The first-order valence-electron chi connectivity index (χ1n) is 6.86. The molecular weight excluding hydrogens is 312 g/mol. The van der Waals surface area contributed by atoms with Gasteiger partial charge in [0.2, 0.25) is 0 Å². The molecule has 0 fully saturated rings. The third-order valence-electron chi connectivity index (χ3n) is 3.07. The number of aromatic amines is 1. The molecular formula is C16H14N4O2S. The van der Waals surface area contributed by atoms with Crippen LogP contribution in [0.25, 0.3) is 10.6 Å². The number of phenolic OH excluding ortho intramolecular Hbond substituents is 1. The number of nitrogens with zero attached hydrogens (tertiary/aromatic N) is 2. The van der Waals surface area contributed by atoms with E-state index in [0.29, 0.717) is 5.56 Å². The van der Waals surface area contributed by atoms with Gasteiger partial charge in [-0.15, -0.1) is 11.3 Å². The fourth-order valence-electron chi connectivity index (χ4n) is 1.97. The van der Waals surface area contributed by atoms with Gasteiger partial charge in [0.15, 0.2) is 5.69 Å². The number of nitrogens with one attached hydrogen (secondary N) is 2. The topological polar surface area (TPSA) is 90.4 Å². The van der Waals surface area contributed by atoms with Crippen LogP contribution in [0.1, 0.15) is 20.9 Å². The Morgan fingerprint density at radius 1 is 1.35 bits per heavy atom. The second kappa shape index (κ2) is 6.45. The van der Waals surface area contributed by atoms with Crippen molar-refractivity contribution in [2.24, 2.45) is 5.10 Å². The highest BCUT2D eigenvalue weighted by Gasteiger charge is 2.11. The minimum Gasteiger partial charge on any atom is -0.508 e. The minimum absolute atomic E-state index is 0.142. The Bertz CT molecular complexity index is 866. The van der Waals surface area contributed by atoms with Crippen molar-refractivity contribution in [3.8, 4) is 16.3 Å². The predicted octanol–water partition coefficient (Wildman–Crippen LogP) is 2.92. The van der Waals surface area contributed by atoms with E-state index in [0.717, 1.165) is 10.6 Å². The Morgan fingerprint density at radius 3 is 2.96 bits per heavy atom. The molecule has 6 nitrogen and oxygen atoms in total. The summed E-state index contributed by atoms with van der Waals surface area (Å²) in [5.41, 5.74) is 4.15. The van der Waals surface area contributed by atoms with E-state index in [1.54, 1.807) is 41.7 Å². The zero-order valence-corrected chi connectivity index (χ0v) is 13.1. The molecule has 2 aromatic heterocycles. The first-order valence-corrected chi connectivity index (χ1v) is 7.68. The van der Waals surface area contributed by atoms with Crippen molar-refractivity contribution in [2.45, 2.75) is 6.92 Å². The van der Waals surface area contributed by atoms with Crippen molar-refractivity contribution in [3.05, 3.63) is 58.6 Å². The van der Waals surface area contributed by atoms with Gasteiger partial charge in [0.25, 0.3) is 5.91 Å². The van der Waals surface area contributed by atoms with Crippen LogP contribution in [0.3, 0.4) is 0 Å². The van der Waals surface area contributed by atoms with Crippen LogP contribution in [0, 0.1) is 6.92 Å². The molecule has 0 spiro atoms. The van der Waals surface area contributed by atoms with E-state index in [9.17, 15) is 9.90 Å². The van der Waals surface area contributed by atoms with Crippen LogP contribution in [0.4, 0.5) is 0 Å². The standard InChI is InChI=1S/C16H14N4O2S/c1-10-5-6-15(23-10)13-8-14(19-18-13)16(22)20-17-9-11-3-2-4-12(21)7-11/h2-9,21H,1H3,(H,18,19)(H,20,22)/b17-9+. The molecule has 0 unspecified atom stereocenters. The Balaban J connectivity index is 1.66. The first kappa shape index (κ1) is 15.0. The molecule has 0 aliphatic carbocycles. The lowest BCUT2D eigenvalue weighted by Gasteiger charge is -1.96. The maximum absolute atomic E-state index is 12.0. The molecule has 3 N–H and O–H groups in total. The third kappa shape index (κ3) is 3.64. The Labute approximate surface area is 136 Å². The monoisotopic (exact) mass is 326 g/mol. The average Bonchev–Trinajstić information content (AvgIpc) is 3.16. The highest BCUT2D eigenvalue weighted by Crippen LogP contribution is 2.26. The SMILES string of the molecule is Cc1ccc(-c2cc(C(=O)N/N=C/c3cccc(O)c3)n[nH]2)s1. The molecule has 1 aromatic carbocycles. The molecule has 0 atom stereocenters. The number of aryl methyl sites for hydroxylation is 1. The number of thiophene rings is 1. The molecule has 0 aliphatic rings. The molecule has 116 valence electrons. The van der Waals surface area contributed by atoms with Crippen molar-refractivity contribution in [3.63, 3.8) is 0 Å². The number of aromatic nitrogens is 2. The second-order valence-corrected chi connectivity index (χ2v) is 6.16. The molecule has 1 amide bonds. The van der Waals surface area contributed by atoms with Crippen LogP contribution in [-0.4, -0.2) is 27.4 Å². The van der Waals surface area contributed by atoms with Gasteiger partial charge in [0.05, 0.1) is 16.8 Å². The number of carbonyl (C=O) groups excluding carboxylic acids is 1. The van der Waals surface area contributed by atoms with E-state index >= 15 is 0 Å². The van der Waals surface area contributed by atoms with Gasteiger partial charge in [-0.3, -0.25) is 9.89 Å². The van der Waals surface area contributed by atoms with Crippen LogP contribution in [0.2, 0.25) is 0 Å². The summed E-state index contributed by atoms with van der Waals surface area (Å²) >= 11 is 1.63. The largest absolute Gasteiger partial charge is 0.508 e. The summed E-state index contributed by atoms with van der Waals surface area (Å²) in [4.78, 5) is 14.2. The summed E-state index contributed by atoms with van der Waals surface area (Å²) in [5, 5.41) is 20.1. The number of benzene rings is 1. The lowest BCUT2D eigenvalue weighted by molar-refractivity contribution is 0.0950. The zero-order valence-electron chi connectivity index (χ0n) is 12.3. The van der Waals surface area contributed by atoms with Crippen molar-refractivity contribution in [2.75, 3.05) is 0 Å². The number of hydrogen-bond donors (Lipinski definition) is 3.